The van der Waals surface area contributed by atoms with Gasteiger partial charge in [0, 0.05) is 38.4 Å². The number of fused-ring (bicyclic) bond motifs is 3. The second kappa shape index (κ2) is 5.43. The van der Waals surface area contributed by atoms with E-state index in [1.54, 1.807) is 0 Å². The molecule has 1 fully saturated rings. The van der Waals surface area contributed by atoms with Crippen molar-refractivity contribution in [3.63, 3.8) is 0 Å². The van der Waals surface area contributed by atoms with Crippen LogP contribution in [0.2, 0.25) is 0 Å². The maximum atomic E-state index is 6.16. The number of nitrogens with zero attached hydrogens (tertiary/aromatic N) is 2. The van der Waals surface area contributed by atoms with Crippen molar-refractivity contribution in [2.45, 2.75) is 12.1 Å². The lowest BCUT2D eigenvalue weighted by molar-refractivity contribution is 0.0538. The molecule has 0 spiro atoms. The zero-order chi connectivity index (χ0) is 15.9. The van der Waals surface area contributed by atoms with Crippen molar-refractivity contribution in [2.75, 3.05) is 37.0 Å². The summed E-state index contributed by atoms with van der Waals surface area (Å²) in [4.78, 5) is 4.51. The van der Waals surface area contributed by atoms with Crippen LogP contribution in [0.4, 0.5) is 11.4 Å². The molecule has 3 heteroatoms. The third-order valence-electron chi connectivity index (χ3n) is 4.80. The van der Waals surface area contributed by atoms with Gasteiger partial charge in [-0.15, -0.1) is 0 Å². The van der Waals surface area contributed by atoms with Crippen LogP contribution >= 0.6 is 0 Å². The Hall–Kier alpha value is -2.26. The molecule has 1 saturated heterocycles. The summed E-state index contributed by atoms with van der Waals surface area (Å²) in [5, 5.41) is 0. The number of rotatable bonds is 3. The standard InChI is InChI=1S/C20H22N2O/c1-21(2)18-9-7-16(8-10-18)11-12-20-15-17-5-3-4-6-19(17)22(20)13-14-23-20/h3-12H,13-15H2,1-2H3/b12-11+. The molecule has 2 aromatic rings. The second-order valence-corrected chi connectivity index (χ2v) is 6.47. The highest BCUT2D eigenvalue weighted by Gasteiger charge is 2.46. The quantitative estimate of drug-likeness (QED) is 0.862. The fourth-order valence-electron chi connectivity index (χ4n) is 3.56. The Kier molecular flexibility index (Phi) is 3.38. The summed E-state index contributed by atoms with van der Waals surface area (Å²) in [6, 6.07) is 17.2. The Labute approximate surface area is 137 Å². The molecule has 2 heterocycles. The first-order valence-corrected chi connectivity index (χ1v) is 8.14. The Bertz CT molecular complexity index is 736. The molecule has 4 rings (SSSR count). The normalized spacial score (nSPS) is 22.4. The van der Waals surface area contributed by atoms with Gasteiger partial charge in [-0.1, -0.05) is 36.4 Å². The highest BCUT2D eigenvalue weighted by Crippen LogP contribution is 2.43. The molecule has 23 heavy (non-hydrogen) atoms. The largest absolute Gasteiger partial charge is 0.378 e. The first-order valence-electron chi connectivity index (χ1n) is 8.14. The summed E-state index contributed by atoms with van der Waals surface area (Å²) in [7, 11) is 4.12. The van der Waals surface area contributed by atoms with E-state index in [9.17, 15) is 0 Å². The highest BCUT2D eigenvalue weighted by atomic mass is 16.5. The molecule has 2 aliphatic rings. The van der Waals surface area contributed by atoms with E-state index in [0.29, 0.717) is 0 Å². The molecule has 118 valence electrons. The molecule has 2 aliphatic heterocycles. The van der Waals surface area contributed by atoms with E-state index in [2.05, 4.69) is 84.6 Å². The SMILES string of the molecule is CN(C)c1ccc(/C=C/C23Cc4ccccc4N2CCO3)cc1. The summed E-state index contributed by atoms with van der Waals surface area (Å²) < 4.78 is 6.16. The minimum Gasteiger partial charge on any atom is -0.378 e. The van der Waals surface area contributed by atoms with Gasteiger partial charge in [-0.25, -0.2) is 0 Å². The van der Waals surface area contributed by atoms with Gasteiger partial charge in [-0.3, -0.25) is 0 Å². The van der Waals surface area contributed by atoms with Crippen molar-refractivity contribution in [1.82, 2.24) is 0 Å². The molecule has 0 saturated carbocycles. The number of anilines is 2. The van der Waals surface area contributed by atoms with Gasteiger partial charge in [0.2, 0.25) is 0 Å². The topological polar surface area (TPSA) is 15.7 Å². The van der Waals surface area contributed by atoms with Crippen LogP contribution in [0.5, 0.6) is 0 Å². The third-order valence-corrected chi connectivity index (χ3v) is 4.80. The Balaban J connectivity index is 1.61. The lowest BCUT2D eigenvalue weighted by Gasteiger charge is -2.29. The maximum absolute atomic E-state index is 6.16. The second-order valence-electron chi connectivity index (χ2n) is 6.47. The van der Waals surface area contributed by atoms with Crippen LogP contribution in [-0.2, 0) is 11.2 Å². The van der Waals surface area contributed by atoms with Gasteiger partial charge in [0.25, 0.3) is 0 Å². The van der Waals surface area contributed by atoms with Gasteiger partial charge >= 0.3 is 0 Å². The average molecular weight is 306 g/mol. The van der Waals surface area contributed by atoms with Gasteiger partial charge in [0.05, 0.1) is 6.61 Å². The zero-order valence-corrected chi connectivity index (χ0v) is 13.7. The lowest BCUT2D eigenvalue weighted by atomic mass is 10.1. The molecule has 2 aromatic carbocycles. The maximum Gasteiger partial charge on any atom is 0.165 e. The summed E-state index contributed by atoms with van der Waals surface area (Å²) in [5.74, 6) is 0. The average Bonchev–Trinajstić information content (AvgIpc) is 3.09. The van der Waals surface area contributed by atoms with Crippen LogP contribution in [0, 0.1) is 0 Å². The predicted molar refractivity (Wildman–Crippen MR) is 96.0 cm³/mol. The van der Waals surface area contributed by atoms with Crippen molar-refractivity contribution in [3.8, 4) is 0 Å². The van der Waals surface area contributed by atoms with Crippen LogP contribution in [0.25, 0.3) is 6.08 Å². The summed E-state index contributed by atoms with van der Waals surface area (Å²) in [6.45, 7) is 1.75. The van der Waals surface area contributed by atoms with E-state index in [0.717, 1.165) is 19.6 Å². The predicted octanol–water partition coefficient (Wildman–Crippen LogP) is 3.56. The number of para-hydroxylation sites is 1. The Morgan fingerprint density at radius 2 is 1.87 bits per heavy atom. The third kappa shape index (κ3) is 2.41. The minimum atomic E-state index is -0.302. The molecule has 1 unspecified atom stereocenters. The molecule has 0 radical (unpaired) electrons. The van der Waals surface area contributed by atoms with Gasteiger partial charge in [0.1, 0.15) is 0 Å². The van der Waals surface area contributed by atoms with Crippen molar-refractivity contribution in [1.29, 1.82) is 0 Å². The fraction of sp³-hybridized carbons (Fsp3) is 0.300. The number of hydrogen-bond donors (Lipinski definition) is 0. The van der Waals surface area contributed by atoms with Crippen LogP contribution in [-0.4, -0.2) is 33.0 Å². The number of ether oxygens (including phenoxy) is 1. The van der Waals surface area contributed by atoms with Crippen LogP contribution in [0.15, 0.2) is 54.6 Å². The minimum absolute atomic E-state index is 0.302. The molecular weight excluding hydrogens is 284 g/mol. The molecule has 1 atom stereocenters. The van der Waals surface area contributed by atoms with Crippen LogP contribution in [0.1, 0.15) is 11.1 Å². The molecule has 0 aromatic heterocycles. The fourth-order valence-corrected chi connectivity index (χ4v) is 3.56. The molecular formula is C20H22N2O. The smallest absolute Gasteiger partial charge is 0.165 e. The van der Waals surface area contributed by atoms with Gasteiger partial charge in [-0.05, 0) is 35.4 Å². The van der Waals surface area contributed by atoms with E-state index < -0.39 is 0 Å². The molecule has 0 aliphatic carbocycles. The molecule has 0 N–H and O–H groups in total. The molecule has 0 amide bonds. The van der Waals surface area contributed by atoms with Gasteiger partial charge < -0.3 is 14.5 Å². The van der Waals surface area contributed by atoms with Crippen molar-refractivity contribution in [2.24, 2.45) is 0 Å². The van der Waals surface area contributed by atoms with Crippen molar-refractivity contribution >= 4 is 17.5 Å². The van der Waals surface area contributed by atoms with Crippen molar-refractivity contribution in [3.05, 3.63) is 65.7 Å². The first kappa shape index (κ1) is 14.3. The number of hydrogen-bond acceptors (Lipinski definition) is 3. The monoisotopic (exact) mass is 306 g/mol. The van der Waals surface area contributed by atoms with Gasteiger partial charge in [-0.2, -0.15) is 0 Å². The summed E-state index contributed by atoms with van der Waals surface area (Å²) in [5.41, 5.74) is 4.81. The van der Waals surface area contributed by atoms with E-state index in [-0.39, 0.29) is 5.72 Å². The highest BCUT2D eigenvalue weighted by molar-refractivity contribution is 5.65. The van der Waals surface area contributed by atoms with Crippen molar-refractivity contribution < 1.29 is 4.74 Å². The van der Waals surface area contributed by atoms with E-state index >= 15 is 0 Å². The zero-order valence-electron chi connectivity index (χ0n) is 13.7. The molecule has 0 bridgehead atoms. The van der Waals surface area contributed by atoms with Crippen LogP contribution in [0.3, 0.4) is 0 Å². The first-order chi connectivity index (χ1) is 11.2. The summed E-state index contributed by atoms with van der Waals surface area (Å²) >= 11 is 0. The Morgan fingerprint density at radius 1 is 1.09 bits per heavy atom. The van der Waals surface area contributed by atoms with Crippen LogP contribution < -0.4 is 9.80 Å². The summed E-state index contributed by atoms with van der Waals surface area (Å²) in [6.07, 6.45) is 5.34. The lowest BCUT2D eigenvalue weighted by Crippen LogP contribution is -2.40. The van der Waals surface area contributed by atoms with E-state index in [1.165, 1.54) is 22.5 Å². The molecule has 3 nitrogen and oxygen atoms in total. The van der Waals surface area contributed by atoms with E-state index in [4.69, 9.17) is 4.74 Å². The van der Waals surface area contributed by atoms with E-state index in [1.807, 2.05) is 0 Å². The Morgan fingerprint density at radius 3 is 2.65 bits per heavy atom. The van der Waals surface area contributed by atoms with Gasteiger partial charge in [0.15, 0.2) is 5.72 Å². The number of benzene rings is 2.